The van der Waals surface area contributed by atoms with Crippen molar-refractivity contribution in [3.8, 4) is 5.69 Å². The Morgan fingerprint density at radius 1 is 1.25 bits per heavy atom. The number of nitrogens with zero attached hydrogens (tertiary/aromatic N) is 3. The lowest BCUT2D eigenvalue weighted by Crippen LogP contribution is -2.28. The Morgan fingerprint density at radius 2 is 2.04 bits per heavy atom. The third-order valence-electron chi connectivity index (χ3n) is 5.47. The number of H-pyrrole nitrogens is 1. The lowest BCUT2D eigenvalue weighted by molar-refractivity contribution is 0.102. The normalized spacial score (nSPS) is 16.0. The third-order valence-corrected chi connectivity index (χ3v) is 5.47. The van der Waals surface area contributed by atoms with Crippen LogP contribution in [0.3, 0.4) is 0 Å². The van der Waals surface area contributed by atoms with Crippen molar-refractivity contribution in [1.82, 2.24) is 19.7 Å². The van der Waals surface area contributed by atoms with Gasteiger partial charge in [0.25, 0.3) is 11.5 Å². The van der Waals surface area contributed by atoms with Crippen LogP contribution in [0.1, 0.15) is 41.9 Å². The van der Waals surface area contributed by atoms with Gasteiger partial charge in [0, 0.05) is 11.4 Å². The summed E-state index contributed by atoms with van der Waals surface area (Å²) < 4.78 is 1.74. The smallest absolute Gasteiger partial charge is 0.261 e. The monoisotopic (exact) mass is 377 g/mol. The summed E-state index contributed by atoms with van der Waals surface area (Å²) in [5.74, 6) is 0.754. The largest absolute Gasteiger partial charge is 0.325 e. The van der Waals surface area contributed by atoms with Gasteiger partial charge in [0.2, 0.25) is 0 Å². The van der Waals surface area contributed by atoms with Crippen LogP contribution >= 0.6 is 0 Å². The second-order valence-electron chi connectivity index (χ2n) is 7.64. The highest BCUT2D eigenvalue weighted by Crippen LogP contribution is 2.29. The number of aromatic nitrogens is 4. The fourth-order valence-electron chi connectivity index (χ4n) is 3.75. The SMILES string of the molecule is CC(C)C1CCc2[nH]c(=O)c(C(=O)Nc3cccc(-n4cnnc4)c3)cc2C1. The Balaban J connectivity index is 1.58. The van der Waals surface area contributed by atoms with Crippen molar-refractivity contribution in [2.45, 2.75) is 33.1 Å². The van der Waals surface area contributed by atoms with E-state index in [0.717, 1.165) is 36.2 Å². The van der Waals surface area contributed by atoms with E-state index in [1.54, 1.807) is 29.4 Å². The molecule has 0 aliphatic heterocycles. The van der Waals surface area contributed by atoms with Crippen molar-refractivity contribution >= 4 is 11.6 Å². The number of rotatable bonds is 4. The second-order valence-corrected chi connectivity index (χ2v) is 7.64. The zero-order valence-electron chi connectivity index (χ0n) is 16.0. The summed E-state index contributed by atoms with van der Waals surface area (Å²) in [5, 5.41) is 10.4. The highest BCUT2D eigenvalue weighted by Gasteiger charge is 2.24. The summed E-state index contributed by atoms with van der Waals surface area (Å²) in [4.78, 5) is 28.1. The van der Waals surface area contributed by atoms with Crippen LogP contribution in [0.5, 0.6) is 0 Å². The number of hydrogen-bond donors (Lipinski definition) is 2. The van der Waals surface area contributed by atoms with Crippen LogP contribution in [0.2, 0.25) is 0 Å². The molecule has 1 amide bonds. The molecule has 0 fully saturated rings. The quantitative estimate of drug-likeness (QED) is 0.731. The van der Waals surface area contributed by atoms with Gasteiger partial charge in [0.05, 0.1) is 5.69 Å². The van der Waals surface area contributed by atoms with Crippen LogP contribution in [-0.2, 0) is 12.8 Å². The Labute approximate surface area is 162 Å². The number of benzene rings is 1. The molecule has 1 atom stereocenters. The molecule has 2 aromatic heterocycles. The van der Waals surface area contributed by atoms with Gasteiger partial charge in [-0.15, -0.1) is 10.2 Å². The Bertz CT molecular complexity index is 1050. The minimum absolute atomic E-state index is 0.151. The van der Waals surface area contributed by atoms with E-state index >= 15 is 0 Å². The fourth-order valence-corrected chi connectivity index (χ4v) is 3.75. The van der Waals surface area contributed by atoms with Crippen molar-refractivity contribution in [2.75, 3.05) is 5.32 Å². The number of aryl methyl sites for hydroxylation is 1. The van der Waals surface area contributed by atoms with E-state index in [2.05, 4.69) is 34.3 Å². The number of anilines is 1. The second kappa shape index (κ2) is 7.42. The number of aromatic amines is 1. The number of amides is 1. The molecular weight excluding hydrogens is 354 g/mol. The highest BCUT2D eigenvalue weighted by atomic mass is 16.2. The van der Waals surface area contributed by atoms with Crippen LogP contribution in [0, 0.1) is 11.8 Å². The van der Waals surface area contributed by atoms with E-state index < -0.39 is 5.91 Å². The third kappa shape index (κ3) is 3.60. The van der Waals surface area contributed by atoms with Gasteiger partial charge < -0.3 is 10.3 Å². The summed E-state index contributed by atoms with van der Waals surface area (Å²) in [6.07, 6.45) is 5.99. The van der Waals surface area contributed by atoms with Gasteiger partial charge in [-0.25, -0.2) is 0 Å². The zero-order chi connectivity index (χ0) is 19.7. The maximum Gasteiger partial charge on any atom is 0.261 e. The maximum atomic E-state index is 12.8. The first-order valence-corrected chi connectivity index (χ1v) is 9.53. The molecule has 0 bridgehead atoms. The van der Waals surface area contributed by atoms with E-state index in [4.69, 9.17) is 0 Å². The van der Waals surface area contributed by atoms with Crippen molar-refractivity contribution in [2.24, 2.45) is 11.8 Å². The number of carbonyl (C=O) groups is 1. The number of pyridine rings is 1. The molecule has 1 aromatic carbocycles. The Kier molecular flexibility index (Phi) is 4.81. The highest BCUT2D eigenvalue weighted by molar-refractivity contribution is 6.04. The topological polar surface area (TPSA) is 92.7 Å². The molecule has 2 heterocycles. The molecule has 28 heavy (non-hydrogen) atoms. The molecule has 1 aliphatic carbocycles. The van der Waals surface area contributed by atoms with Gasteiger partial charge >= 0.3 is 0 Å². The number of fused-ring (bicyclic) bond motifs is 1. The number of hydrogen-bond acceptors (Lipinski definition) is 4. The predicted octanol–water partition coefficient (Wildman–Crippen LogP) is 2.97. The molecule has 0 spiro atoms. The molecule has 0 saturated carbocycles. The average Bonchev–Trinajstić information content (AvgIpc) is 3.22. The first-order chi connectivity index (χ1) is 13.5. The van der Waals surface area contributed by atoms with Gasteiger partial charge in [0.15, 0.2) is 0 Å². The molecule has 3 aromatic rings. The number of carbonyl (C=O) groups excluding carboxylic acids is 1. The summed E-state index contributed by atoms with van der Waals surface area (Å²) in [5.41, 5.74) is 3.28. The lowest BCUT2D eigenvalue weighted by Gasteiger charge is -2.27. The standard InChI is InChI=1S/C21H23N5O2/c1-13(2)14-6-7-19-15(8-14)9-18(21(28)25-19)20(27)24-16-4-3-5-17(10-16)26-11-22-23-12-26/h3-5,9-14H,6-8H2,1-2H3,(H,24,27)(H,25,28). The van der Waals surface area contributed by atoms with Crippen LogP contribution in [0.25, 0.3) is 5.69 Å². The van der Waals surface area contributed by atoms with Gasteiger partial charge in [-0.2, -0.15) is 0 Å². The number of nitrogens with one attached hydrogen (secondary N) is 2. The summed E-state index contributed by atoms with van der Waals surface area (Å²) >= 11 is 0. The molecule has 7 heteroatoms. The van der Waals surface area contributed by atoms with Crippen LogP contribution in [-0.4, -0.2) is 25.7 Å². The van der Waals surface area contributed by atoms with Gasteiger partial charge in [-0.1, -0.05) is 19.9 Å². The molecular formula is C21H23N5O2. The molecule has 0 radical (unpaired) electrons. The van der Waals surface area contributed by atoms with Crippen molar-refractivity contribution in [3.05, 3.63) is 70.2 Å². The molecule has 144 valence electrons. The molecule has 1 aliphatic rings. The minimum Gasteiger partial charge on any atom is -0.325 e. The first kappa shape index (κ1) is 18.2. The lowest BCUT2D eigenvalue weighted by atomic mass is 9.80. The van der Waals surface area contributed by atoms with Gasteiger partial charge in [-0.3, -0.25) is 14.2 Å². The van der Waals surface area contributed by atoms with Crippen molar-refractivity contribution < 1.29 is 4.79 Å². The predicted molar refractivity (Wildman–Crippen MR) is 107 cm³/mol. The minimum atomic E-state index is -0.406. The van der Waals surface area contributed by atoms with Crippen molar-refractivity contribution in [3.63, 3.8) is 0 Å². The maximum absolute atomic E-state index is 12.8. The van der Waals surface area contributed by atoms with Crippen LogP contribution in [0.15, 0.2) is 47.8 Å². The average molecular weight is 377 g/mol. The molecule has 1 unspecified atom stereocenters. The van der Waals surface area contributed by atoms with E-state index in [-0.39, 0.29) is 11.1 Å². The fraction of sp³-hybridized carbons (Fsp3) is 0.333. The van der Waals surface area contributed by atoms with E-state index in [1.165, 1.54) is 0 Å². The molecule has 0 saturated heterocycles. The van der Waals surface area contributed by atoms with Crippen LogP contribution < -0.4 is 10.9 Å². The first-order valence-electron chi connectivity index (χ1n) is 9.53. The summed E-state index contributed by atoms with van der Waals surface area (Å²) in [7, 11) is 0. The molecule has 7 nitrogen and oxygen atoms in total. The van der Waals surface area contributed by atoms with Crippen molar-refractivity contribution in [1.29, 1.82) is 0 Å². The molecule has 2 N–H and O–H groups in total. The van der Waals surface area contributed by atoms with E-state index in [0.29, 0.717) is 17.5 Å². The Hall–Kier alpha value is -3.22. The van der Waals surface area contributed by atoms with Gasteiger partial charge in [0.1, 0.15) is 18.2 Å². The van der Waals surface area contributed by atoms with Gasteiger partial charge in [-0.05, 0) is 60.9 Å². The Morgan fingerprint density at radius 3 is 2.79 bits per heavy atom. The van der Waals surface area contributed by atoms with Crippen LogP contribution in [0.4, 0.5) is 5.69 Å². The molecule has 4 rings (SSSR count). The van der Waals surface area contributed by atoms with E-state index in [9.17, 15) is 9.59 Å². The summed E-state index contributed by atoms with van der Waals surface area (Å²) in [6.45, 7) is 4.44. The van der Waals surface area contributed by atoms with E-state index in [1.807, 2.05) is 18.2 Å². The zero-order valence-corrected chi connectivity index (χ0v) is 16.0. The summed E-state index contributed by atoms with van der Waals surface area (Å²) in [6, 6.07) is 9.07.